The zero-order valence-corrected chi connectivity index (χ0v) is 18.4. The van der Waals surface area contributed by atoms with Gasteiger partial charge in [0.15, 0.2) is 11.6 Å². The summed E-state index contributed by atoms with van der Waals surface area (Å²) in [6.07, 6.45) is -0.477. The molecule has 184 valence electrons. The van der Waals surface area contributed by atoms with Crippen LogP contribution in [0.3, 0.4) is 0 Å². The molecule has 0 aliphatic carbocycles. The Morgan fingerprint density at radius 1 is 1.29 bits per heavy atom. The van der Waals surface area contributed by atoms with Crippen LogP contribution in [-0.4, -0.2) is 48.6 Å². The highest BCUT2D eigenvalue weighted by molar-refractivity contribution is 7.90. The summed E-state index contributed by atoms with van der Waals surface area (Å²) >= 11 is 0. The van der Waals surface area contributed by atoms with Crippen molar-refractivity contribution in [2.45, 2.75) is 12.6 Å². The highest BCUT2D eigenvalue weighted by Crippen LogP contribution is 2.36. The first-order chi connectivity index (χ1) is 16.6. The molecule has 1 saturated heterocycles. The number of nitriles is 1. The van der Waals surface area contributed by atoms with Gasteiger partial charge in [-0.05, 0) is 24.6 Å². The standard InChI is InChI=1S/C20H15F4N5O5S/c21-9-33-29-10-26-16-2-1-12(5-13(16)20(29)30)34-19-14(7-25)17(6-15(23)18(19)24)27-35(31,32)28-4-3-11(22)8-28/h1-2,5-6,10-11,27H,3-4,8-9H2. The molecule has 3 aromatic rings. The average Bonchev–Trinajstić information content (AvgIpc) is 3.27. The van der Waals surface area contributed by atoms with Crippen LogP contribution < -0.4 is 19.9 Å². The van der Waals surface area contributed by atoms with Gasteiger partial charge in [0.25, 0.3) is 12.4 Å². The Balaban J connectivity index is 1.74. The number of halogens is 4. The molecule has 1 unspecified atom stereocenters. The van der Waals surface area contributed by atoms with Crippen molar-refractivity contribution in [1.29, 1.82) is 5.26 Å². The second-order valence-corrected chi connectivity index (χ2v) is 8.95. The Hall–Kier alpha value is -3.90. The van der Waals surface area contributed by atoms with Crippen LogP contribution in [0.4, 0.5) is 23.2 Å². The molecule has 1 aromatic heterocycles. The Kier molecular flexibility index (Phi) is 6.50. The number of ether oxygens (including phenoxy) is 1. The average molecular weight is 513 g/mol. The molecule has 15 heteroatoms. The van der Waals surface area contributed by atoms with Crippen LogP contribution in [0.25, 0.3) is 10.9 Å². The maximum Gasteiger partial charge on any atom is 0.301 e. The highest BCUT2D eigenvalue weighted by Gasteiger charge is 2.33. The summed E-state index contributed by atoms with van der Waals surface area (Å²) < 4.78 is 88.5. The van der Waals surface area contributed by atoms with E-state index in [0.717, 1.165) is 16.7 Å². The number of benzene rings is 2. The molecule has 1 aliphatic heterocycles. The third kappa shape index (κ3) is 4.70. The van der Waals surface area contributed by atoms with Crippen molar-refractivity contribution < 1.29 is 35.6 Å². The van der Waals surface area contributed by atoms with E-state index in [1.165, 1.54) is 12.1 Å². The van der Waals surface area contributed by atoms with E-state index < -0.39 is 64.0 Å². The van der Waals surface area contributed by atoms with Crippen molar-refractivity contribution in [3.63, 3.8) is 0 Å². The second kappa shape index (κ2) is 9.39. The van der Waals surface area contributed by atoms with E-state index in [0.29, 0.717) is 10.8 Å². The molecule has 35 heavy (non-hydrogen) atoms. The summed E-state index contributed by atoms with van der Waals surface area (Å²) in [5, 5.41) is 9.43. The summed E-state index contributed by atoms with van der Waals surface area (Å²) in [4.78, 5) is 20.8. The number of hydrogen-bond donors (Lipinski definition) is 1. The maximum atomic E-state index is 14.6. The molecule has 1 atom stereocenters. The molecule has 0 radical (unpaired) electrons. The number of aromatic nitrogens is 2. The number of anilines is 1. The lowest BCUT2D eigenvalue weighted by Crippen LogP contribution is -2.34. The molecule has 10 nitrogen and oxygen atoms in total. The SMILES string of the molecule is N#Cc1c(NS(=O)(=O)N2CCC(F)C2)cc(F)c(F)c1Oc1ccc2ncn(OCF)c(=O)c2c1. The van der Waals surface area contributed by atoms with Gasteiger partial charge in [0.05, 0.1) is 16.6 Å². The fourth-order valence-electron chi connectivity index (χ4n) is 3.41. The predicted octanol–water partition coefficient (Wildman–Crippen LogP) is 2.39. The largest absolute Gasteiger partial charge is 0.453 e. The Bertz CT molecular complexity index is 1510. The number of nitrogens with zero attached hydrogens (tertiary/aromatic N) is 4. The van der Waals surface area contributed by atoms with Crippen LogP contribution in [0.2, 0.25) is 0 Å². The monoisotopic (exact) mass is 513 g/mol. The van der Waals surface area contributed by atoms with Gasteiger partial charge < -0.3 is 9.57 Å². The van der Waals surface area contributed by atoms with Crippen LogP contribution in [0.5, 0.6) is 11.5 Å². The first-order valence-corrected chi connectivity index (χ1v) is 11.3. The smallest absolute Gasteiger partial charge is 0.301 e. The van der Waals surface area contributed by atoms with Crippen molar-refractivity contribution in [3.05, 3.63) is 58.1 Å². The molecular formula is C20H15F4N5O5S. The lowest BCUT2D eigenvalue weighted by Gasteiger charge is -2.19. The minimum absolute atomic E-state index is 0.0347. The zero-order chi connectivity index (χ0) is 25.3. The van der Waals surface area contributed by atoms with Gasteiger partial charge in [-0.15, -0.1) is 4.73 Å². The second-order valence-electron chi connectivity index (χ2n) is 7.28. The van der Waals surface area contributed by atoms with Crippen molar-refractivity contribution in [1.82, 2.24) is 14.0 Å². The lowest BCUT2D eigenvalue weighted by molar-refractivity contribution is 0.0353. The van der Waals surface area contributed by atoms with E-state index >= 15 is 0 Å². The number of alkyl halides is 2. The summed E-state index contributed by atoms with van der Waals surface area (Å²) in [5.41, 5.74) is -2.02. The predicted molar refractivity (Wildman–Crippen MR) is 113 cm³/mol. The third-order valence-electron chi connectivity index (χ3n) is 5.07. The van der Waals surface area contributed by atoms with Gasteiger partial charge in [0.2, 0.25) is 5.82 Å². The molecule has 0 bridgehead atoms. The molecule has 1 aliphatic rings. The lowest BCUT2D eigenvalue weighted by atomic mass is 10.1. The van der Waals surface area contributed by atoms with Gasteiger partial charge in [-0.2, -0.15) is 22.4 Å². The highest BCUT2D eigenvalue weighted by atomic mass is 32.2. The van der Waals surface area contributed by atoms with Crippen LogP contribution in [0.1, 0.15) is 12.0 Å². The normalized spacial score (nSPS) is 16.3. The Morgan fingerprint density at radius 2 is 2.06 bits per heavy atom. The summed E-state index contributed by atoms with van der Waals surface area (Å²) in [6.45, 7) is -1.88. The molecule has 0 spiro atoms. The van der Waals surface area contributed by atoms with Gasteiger partial charge in [0, 0.05) is 19.2 Å². The molecule has 2 heterocycles. The minimum Gasteiger partial charge on any atom is -0.453 e. The first-order valence-electron chi connectivity index (χ1n) is 9.87. The molecule has 0 saturated carbocycles. The van der Waals surface area contributed by atoms with Crippen molar-refractivity contribution >= 4 is 26.8 Å². The van der Waals surface area contributed by atoms with E-state index in [1.807, 2.05) is 4.72 Å². The molecule has 1 N–H and O–H groups in total. The number of fused-ring (bicyclic) bond motifs is 1. The van der Waals surface area contributed by atoms with E-state index in [-0.39, 0.29) is 29.6 Å². The van der Waals surface area contributed by atoms with Crippen molar-refractivity contribution in [2.75, 3.05) is 24.7 Å². The van der Waals surface area contributed by atoms with E-state index in [4.69, 9.17) is 4.74 Å². The number of nitrogens with one attached hydrogen (secondary N) is 1. The van der Waals surface area contributed by atoms with Crippen molar-refractivity contribution in [2.24, 2.45) is 0 Å². The molecule has 1 fully saturated rings. The quantitative estimate of drug-likeness (QED) is 0.481. The van der Waals surface area contributed by atoms with E-state index in [9.17, 15) is 36.0 Å². The summed E-state index contributed by atoms with van der Waals surface area (Å²) in [7, 11) is -4.39. The molecular weight excluding hydrogens is 498 g/mol. The third-order valence-corrected chi connectivity index (χ3v) is 6.56. The number of hydrogen-bond acceptors (Lipinski definition) is 7. The molecule has 4 rings (SSSR count). The van der Waals surface area contributed by atoms with Crippen molar-refractivity contribution in [3.8, 4) is 17.6 Å². The molecule has 0 amide bonds. The maximum absolute atomic E-state index is 14.6. The fourth-order valence-corrected chi connectivity index (χ4v) is 4.68. The van der Waals surface area contributed by atoms with Gasteiger partial charge in [-0.3, -0.25) is 9.52 Å². The Morgan fingerprint density at radius 3 is 2.71 bits per heavy atom. The number of rotatable bonds is 7. The molecule has 2 aromatic carbocycles. The van der Waals surface area contributed by atoms with Crippen LogP contribution in [0.15, 0.2) is 35.4 Å². The van der Waals surface area contributed by atoms with Gasteiger partial charge in [0.1, 0.15) is 29.9 Å². The zero-order valence-electron chi connectivity index (χ0n) is 17.5. The van der Waals surface area contributed by atoms with Crippen LogP contribution in [-0.2, 0) is 10.2 Å². The Labute approximate surface area is 195 Å². The minimum atomic E-state index is -4.39. The first kappa shape index (κ1) is 24.2. The van der Waals surface area contributed by atoms with Gasteiger partial charge in [-0.25, -0.2) is 18.2 Å². The fraction of sp³-hybridized carbons (Fsp3) is 0.250. The summed E-state index contributed by atoms with van der Waals surface area (Å²) in [5.74, 6) is -4.34. The topological polar surface area (TPSA) is 127 Å². The van der Waals surface area contributed by atoms with E-state index in [2.05, 4.69) is 9.82 Å². The van der Waals surface area contributed by atoms with Gasteiger partial charge in [-0.1, -0.05) is 0 Å². The van der Waals surface area contributed by atoms with Crippen LogP contribution >= 0.6 is 0 Å². The summed E-state index contributed by atoms with van der Waals surface area (Å²) in [6, 6.07) is 5.61. The van der Waals surface area contributed by atoms with E-state index in [1.54, 1.807) is 6.07 Å². The van der Waals surface area contributed by atoms with Crippen LogP contribution in [0, 0.1) is 23.0 Å². The van der Waals surface area contributed by atoms with Gasteiger partial charge >= 0.3 is 10.2 Å².